The number of thioether (sulfide) groups is 2. The molecule has 0 spiro atoms. The Labute approximate surface area is 226 Å². The molecule has 3 atom stereocenters. The van der Waals surface area contributed by atoms with Crippen LogP contribution in [0, 0.1) is 5.41 Å². The van der Waals surface area contributed by atoms with Gasteiger partial charge in [-0.1, -0.05) is 28.3 Å². The number of oxime groups is 1. The number of hydrogen-bond acceptors (Lipinski definition) is 16. The van der Waals surface area contributed by atoms with Gasteiger partial charge in [0.05, 0.1) is 0 Å². The standard InChI is InChI=1S/C17H20N8O7S5/c1-32-23-8(10-20-15(18)36-24-10)11(26)19-9-12(27)25-4-17(14(28)29,5-33-13(9)25)6-34-16-22-21-7(35-16)3-37(2,30)31/h9,13H,3-6H2,1-2H3,(H,19,26)(H,28,29)(H2,18,20,24)/t9?,13-,17?/m1/s1. The second-order valence-electron chi connectivity index (χ2n) is 8.10. The lowest BCUT2D eigenvalue weighted by molar-refractivity contribution is -0.157. The van der Waals surface area contributed by atoms with Gasteiger partial charge in [-0.25, -0.2) is 8.42 Å². The zero-order valence-electron chi connectivity index (χ0n) is 19.2. The molecule has 0 aliphatic carbocycles. The van der Waals surface area contributed by atoms with Gasteiger partial charge in [-0.2, -0.15) is 9.36 Å². The van der Waals surface area contributed by atoms with Crippen molar-refractivity contribution in [3.8, 4) is 0 Å². The third-order valence-corrected chi connectivity index (χ3v) is 10.7. The third-order valence-electron chi connectivity index (χ3n) is 5.24. The lowest BCUT2D eigenvalue weighted by Crippen LogP contribution is -2.74. The first-order valence-electron chi connectivity index (χ1n) is 10.2. The van der Waals surface area contributed by atoms with Gasteiger partial charge in [-0.15, -0.1) is 22.0 Å². The number of nitrogens with two attached hydrogens (primary N) is 1. The number of rotatable bonds is 10. The monoisotopic (exact) mass is 608 g/mol. The number of β-lactam (4-membered cyclic amide) rings is 1. The Bertz CT molecular complexity index is 1360. The van der Waals surface area contributed by atoms with Crippen molar-refractivity contribution in [2.45, 2.75) is 21.5 Å². The first-order chi connectivity index (χ1) is 17.4. The van der Waals surface area contributed by atoms with Crippen molar-refractivity contribution in [3.63, 3.8) is 0 Å². The van der Waals surface area contributed by atoms with Crippen molar-refractivity contribution >= 4 is 84.9 Å². The van der Waals surface area contributed by atoms with Crippen LogP contribution in [0.4, 0.5) is 5.13 Å². The van der Waals surface area contributed by atoms with E-state index in [1.165, 1.54) is 23.8 Å². The van der Waals surface area contributed by atoms with Crippen LogP contribution in [0.5, 0.6) is 0 Å². The van der Waals surface area contributed by atoms with Crippen LogP contribution in [-0.2, 0) is 34.8 Å². The summed E-state index contributed by atoms with van der Waals surface area (Å²) in [7, 11) is -2.03. The normalized spacial score (nSPS) is 23.8. The maximum Gasteiger partial charge on any atom is 0.313 e. The van der Waals surface area contributed by atoms with Crippen LogP contribution in [0.3, 0.4) is 0 Å². The highest BCUT2D eigenvalue weighted by atomic mass is 32.2. The molecule has 0 saturated carbocycles. The Morgan fingerprint density at radius 1 is 1.41 bits per heavy atom. The number of amides is 2. The number of anilines is 1. The second kappa shape index (κ2) is 10.7. The minimum absolute atomic E-state index is 0.0416. The Morgan fingerprint density at radius 2 is 2.16 bits per heavy atom. The molecule has 4 rings (SSSR count). The summed E-state index contributed by atoms with van der Waals surface area (Å²) in [5, 5.41) is 24.0. The quantitative estimate of drug-likeness (QED) is 0.129. The van der Waals surface area contributed by atoms with Crippen LogP contribution in [0.25, 0.3) is 0 Å². The van der Waals surface area contributed by atoms with Gasteiger partial charge in [0, 0.05) is 35.8 Å². The summed E-state index contributed by atoms with van der Waals surface area (Å²) in [6.07, 6.45) is 1.09. The molecule has 0 bridgehead atoms. The van der Waals surface area contributed by atoms with Crippen LogP contribution in [-0.4, -0.2) is 104 Å². The Balaban J connectivity index is 1.40. The molecule has 200 valence electrons. The molecule has 2 amide bonds. The van der Waals surface area contributed by atoms with Gasteiger partial charge < -0.3 is 25.9 Å². The topological polar surface area (TPSA) is 220 Å². The molecule has 15 nitrogen and oxygen atoms in total. The van der Waals surface area contributed by atoms with Crippen molar-refractivity contribution < 1.29 is 32.7 Å². The largest absolute Gasteiger partial charge is 0.481 e. The smallest absolute Gasteiger partial charge is 0.313 e. The van der Waals surface area contributed by atoms with Crippen molar-refractivity contribution in [3.05, 3.63) is 10.8 Å². The van der Waals surface area contributed by atoms with E-state index in [0.717, 1.165) is 40.9 Å². The number of carbonyl (C=O) groups is 3. The van der Waals surface area contributed by atoms with E-state index in [-0.39, 0.29) is 40.5 Å². The fourth-order valence-electron chi connectivity index (χ4n) is 3.50. The van der Waals surface area contributed by atoms with Gasteiger partial charge in [0.2, 0.25) is 17.4 Å². The molecule has 2 aliphatic heterocycles. The molecule has 2 aliphatic rings. The highest BCUT2D eigenvalue weighted by Gasteiger charge is 2.57. The fourth-order valence-corrected chi connectivity index (χ4v) is 8.87. The Kier molecular flexibility index (Phi) is 7.93. The summed E-state index contributed by atoms with van der Waals surface area (Å²) >= 11 is 4.34. The maximum absolute atomic E-state index is 12.9. The minimum atomic E-state index is -3.27. The molecule has 2 unspecified atom stereocenters. The molecule has 20 heteroatoms. The molecule has 4 heterocycles. The van der Waals surface area contributed by atoms with Crippen LogP contribution in [0.2, 0.25) is 0 Å². The Morgan fingerprint density at radius 3 is 2.78 bits per heavy atom. The molecule has 37 heavy (non-hydrogen) atoms. The summed E-state index contributed by atoms with van der Waals surface area (Å²) in [4.78, 5) is 47.9. The summed E-state index contributed by atoms with van der Waals surface area (Å²) in [5.74, 6) is -2.26. The van der Waals surface area contributed by atoms with E-state index in [1.807, 2.05) is 0 Å². The van der Waals surface area contributed by atoms with Gasteiger partial charge in [-0.05, 0) is 0 Å². The Hall–Kier alpha value is -2.55. The number of carbonyl (C=O) groups excluding carboxylic acids is 2. The maximum atomic E-state index is 12.9. The van der Waals surface area contributed by atoms with Crippen LogP contribution in [0.1, 0.15) is 10.8 Å². The molecule has 2 fully saturated rings. The van der Waals surface area contributed by atoms with Gasteiger partial charge in [-0.3, -0.25) is 14.4 Å². The van der Waals surface area contributed by atoms with Crippen LogP contribution >= 0.6 is 46.4 Å². The number of nitrogens with one attached hydrogen (secondary N) is 1. The number of carboxylic acid groups (broad SMARTS) is 1. The number of carboxylic acids is 1. The number of nitrogen functional groups attached to an aromatic ring is 1. The fraction of sp³-hybridized carbons (Fsp3) is 0.529. The third kappa shape index (κ3) is 5.97. The van der Waals surface area contributed by atoms with E-state index in [0.29, 0.717) is 9.35 Å². The first-order valence-corrected chi connectivity index (χ1v) is 15.9. The predicted molar refractivity (Wildman–Crippen MR) is 137 cm³/mol. The zero-order valence-corrected chi connectivity index (χ0v) is 23.3. The molecule has 0 aromatic carbocycles. The van der Waals surface area contributed by atoms with Gasteiger partial charge in [0.15, 0.2) is 19.3 Å². The zero-order chi connectivity index (χ0) is 27.0. The molecule has 4 N–H and O–H groups in total. The summed E-state index contributed by atoms with van der Waals surface area (Å²) in [6.45, 7) is -0.0591. The van der Waals surface area contributed by atoms with Crippen molar-refractivity contribution in [2.75, 3.05) is 37.1 Å². The molecular weight excluding hydrogens is 589 g/mol. The van der Waals surface area contributed by atoms with Gasteiger partial charge >= 0.3 is 5.97 Å². The van der Waals surface area contributed by atoms with E-state index in [2.05, 4.69) is 30.0 Å². The first kappa shape index (κ1) is 27.5. The summed E-state index contributed by atoms with van der Waals surface area (Å²) < 4.78 is 27.3. The van der Waals surface area contributed by atoms with E-state index < -0.39 is 44.5 Å². The minimum Gasteiger partial charge on any atom is -0.481 e. The SMILES string of the molecule is CON=C(C(=O)NC1C(=O)N2CC(CSc3nnc(CS(C)(=O)=O)s3)(C(=O)O)CS[C@H]12)c1nsc(N)n1. The summed E-state index contributed by atoms with van der Waals surface area (Å²) in [6, 6.07) is -0.892. The highest BCUT2D eigenvalue weighted by Crippen LogP contribution is 2.44. The second-order valence-corrected chi connectivity index (χ2v) is 14.4. The molecule has 2 saturated heterocycles. The summed E-state index contributed by atoms with van der Waals surface area (Å²) in [5.41, 5.74) is 4.05. The number of hydrogen-bond donors (Lipinski definition) is 3. The number of nitrogens with zero attached hydrogens (tertiary/aromatic N) is 6. The number of aliphatic carboxylic acids is 1. The molecule has 0 radical (unpaired) electrons. The lowest BCUT2D eigenvalue weighted by Gasteiger charge is -2.53. The number of fused-ring (bicyclic) bond motifs is 1. The van der Waals surface area contributed by atoms with Crippen molar-refractivity contribution in [2.24, 2.45) is 10.6 Å². The molecule has 2 aromatic rings. The van der Waals surface area contributed by atoms with Crippen molar-refractivity contribution in [1.82, 2.24) is 29.8 Å². The van der Waals surface area contributed by atoms with E-state index in [1.54, 1.807) is 0 Å². The average Bonchev–Trinajstić information content (AvgIpc) is 3.46. The molecule has 2 aromatic heterocycles. The number of aromatic nitrogens is 4. The van der Waals surface area contributed by atoms with Crippen molar-refractivity contribution in [1.29, 1.82) is 0 Å². The molecular formula is C17H20N8O7S5. The number of sulfone groups is 1. The highest BCUT2D eigenvalue weighted by molar-refractivity contribution is 8.01. The lowest BCUT2D eigenvalue weighted by atomic mass is 9.89. The van der Waals surface area contributed by atoms with Gasteiger partial charge in [0.25, 0.3) is 5.91 Å². The predicted octanol–water partition coefficient (Wildman–Crippen LogP) is -0.870. The van der Waals surface area contributed by atoms with E-state index >= 15 is 0 Å². The van der Waals surface area contributed by atoms with E-state index in [4.69, 9.17) is 10.6 Å². The van der Waals surface area contributed by atoms with Gasteiger partial charge in [0.1, 0.15) is 34.7 Å². The van der Waals surface area contributed by atoms with Crippen LogP contribution < -0.4 is 11.1 Å². The van der Waals surface area contributed by atoms with E-state index in [9.17, 15) is 27.9 Å². The van der Waals surface area contributed by atoms with Crippen LogP contribution in [0.15, 0.2) is 9.50 Å². The average molecular weight is 609 g/mol.